The number of anilines is 3. The second kappa shape index (κ2) is 16.0. The predicted octanol–water partition coefficient (Wildman–Crippen LogP) is 18.2. The number of rotatable bonds is 8. The molecule has 12 rings (SSSR count). The van der Waals surface area contributed by atoms with Crippen molar-refractivity contribution in [2.45, 2.75) is 0 Å². The molecule has 1 aromatic heterocycles. The van der Waals surface area contributed by atoms with Gasteiger partial charge in [0.15, 0.2) is 0 Å². The van der Waals surface area contributed by atoms with Crippen LogP contribution in [0.4, 0.5) is 17.1 Å². The first-order valence-electron chi connectivity index (χ1n) is 21.9. The van der Waals surface area contributed by atoms with Gasteiger partial charge in [0, 0.05) is 37.1 Å². The average molecular weight is 832 g/mol. The van der Waals surface area contributed by atoms with Crippen molar-refractivity contribution in [3.63, 3.8) is 0 Å². The molecule has 0 spiro atoms. The maximum absolute atomic E-state index is 2.46. The first-order chi connectivity index (χ1) is 31.7. The second-order valence-corrected chi connectivity index (χ2v) is 17.5. The smallest absolute Gasteiger partial charge is 0.0546 e. The summed E-state index contributed by atoms with van der Waals surface area (Å²) in [5, 5.41) is 7.60. The normalized spacial score (nSPS) is 11.4. The van der Waals surface area contributed by atoms with E-state index in [2.05, 4.69) is 254 Å². The van der Waals surface area contributed by atoms with E-state index in [1.54, 1.807) is 0 Å². The van der Waals surface area contributed by atoms with Crippen LogP contribution in [-0.2, 0) is 0 Å². The number of nitrogens with zero attached hydrogens (tertiary/aromatic N) is 1. The van der Waals surface area contributed by atoms with E-state index < -0.39 is 0 Å². The van der Waals surface area contributed by atoms with E-state index in [0.29, 0.717) is 0 Å². The molecule has 0 saturated carbocycles. The minimum absolute atomic E-state index is 1.08. The molecule has 0 bridgehead atoms. The molecule has 64 heavy (non-hydrogen) atoms. The largest absolute Gasteiger partial charge is 0.310 e. The van der Waals surface area contributed by atoms with Gasteiger partial charge in [-0.05, 0) is 108 Å². The summed E-state index contributed by atoms with van der Waals surface area (Å²) in [6.45, 7) is 0. The zero-order valence-corrected chi connectivity index (χ0v) is 35.8. The Morgan fingerprint density at radius 3 is 1.48 bits per heavy atom. The molecule has 300 valence electrons. The van der Waals surface area contributed by atoms with E-state index in [4.69, 9.17) is 0 Å². The van der Waals surface area contributed by atoms with E-state index in [-0.39, 0.29) is 0 Å². The van der Waals surface area contributed by atoms with Crippen LogP contribution in [0.5, 0.6) is 0 Å². The molecule has 1 heterocycles. The number of fused-ring (bicyclic) bond motifs is 5. The monoisotopic (exact) mass is 831 g/mol. The van der Waals surface area contributed by atoms with Gasteiger partial charge in [-0.3, -0.25) is 0 Å². The molecule has 0 fully saturated rings. The first kappa shape index (κ1) is 37.7. The van der Waals surface area contributed by atoms with Gasteiger partial charge in [-0.25, -0.2) is 0 Å². The summed E-state index contributed by atoms with van der Waals surface area (Å²) >= 11 is 1.88. The van der Waals surface area contributed by atoms with Gasteiger partial charge < -0.3 is 4.90 Å². The van der Waals surface area contributed by atoms with Crippen LogP contribution in [0.25, 0.3) is 97.4 Å². The quantitative estimate of drug-likeness (QED) is 0.147. The van der Waals surface area contributed by atoms with Crippen LogP contribution < -0.4 is 4.90 Å². The molecule has 0 amide bonds. The number of hydrogen-bond donors (Lipinski definition) is 0. The standard InChI is InChI=1S/C62H41NS/c1-2-14-46(15-3-1)56-39-36-49(55-26-12-19-45-17-5-7-23-53(45)55)41-60(56)63(51-21-10-20-48(40-51)57-27-13-28-59-58-24-8-9-29-61(58)64-62(57)59)50-37-34-43(35-38-50)42-30-32-47(33-31-42)54-25-11-18-44-16-4-6-22-52(44)54/h1-41H. The van der Waals surface area contributed by atoms with Gasteiger partial charge in [-0.1, -0.05) is 212 Å². The van der Waals surface area contributed by atoms with Crippen LogP contribution in [0, 0.1) is 0 Å². The van der Waals surface area contributed by atoms with Crippen molar-refractivity contribution >= 4 is 70.1 Å². The van der Waals surface area contributed by atoms with Crippen LogP contribution in [0.2, 0.25) is 0 Å². The summed E-state index contributed by atoms with van der Waals surface area (Å²) in [6, 6.07) is 91.0. The summed E-state index contributed by atoms with van der Waals surface area (Å²) in [5.41, 5.74) is 15.3. The minimum Gasteiger partial charge on any atom is -0.310 e. The van der Waals surface area contributed by atoms with Gasteiger partial charge >= 0.3 is 0 Å². The van der Waals surface area contributed by atoms with E-state index in [1.807, 2.05) is 11.3 Å². The van der Waals surface area contributed by atoms with Gasteiger partial charge in [0.25, 0.3) is 0 Å². The molecular weight excluding hydrogens is 791 g/mol. The molecule has 0 atom stereocenters. The summed E-state index contributed by atoms with van der Waals surface area (Å²) < 4.78 is 2.62. The van der Waals surface area contributed by atoms with Crippen LogP contribution in [0.3, 0.4) is 0 Å². The van der Waals surface area contributed by atoms with E-state index in [0.717, 1.165) is 22.6 Å². The molecule has 0 aliphatic heterocycles. The lowest BCUT2D eigenvalue weighted by Gasteiger charge is -2.29. The summed E-state index contributed by atoms with van der Waals surface area (Å²) in [6.07, 6.45) is 0. The van der Waals surface area contributed by atoms with Crippen LogP contribution in [0.15, 0.2) is 249 Å². The Hall–Kier alpha value is -8.04. The minimum atomic E-state index is 1.08. The fraction of sp³-hybridized carbons (Fsp3) is 0. The van der Waals surface area contributed by atoms with Gasteiger partial charge in [0.2, 0.25) is 0 Å². The van der Waals surface area contributed by atoms with Crippen LogP contribution >= 0.6 is 11.3 Å². The molecule has 1 nitrogen and oxygen atoms in total. The highest BCUT2D eigenvalue weighted by Gasteiger charge is 2.21. The van der Waals surface area contributed by atoms with Crippen molar-refractivity contribution in [3.8, 4) is 55.6 Å². The Morgan fingerprint density at radius 2 is 0.750 bits per heavy atom. The molecule has 0 unspecified atom stereocenters. The molecule has 2 heteroatoms. The van der Waals surface area contributed by atoms with Crippen molar-refractivity contribution in [2.24, 2.45) is 0 Å². The Bertz CT molecular complexity index is 3650. The SMILES string of the molecule is c1ccc(-c2ccc(-c3cccc4ccccc34)cc2N(c2ccc(-c3ccc(-c4cccc5ccccc45)cc3)cc2)c2cccc(-c3cccc4c3sc3ccccc34)c2)cc1. The van der Waals surface area contributed by atoms with Crippen molar-refractivity contribution in [2.75, 3.05) is 4.90 Å². The van der Waals surface area contributed by atoms with Crippen molar-refractivity contribution < 1.29 is 0 Å². The van der Waals surface area contributed by atoms with Gasteiger partial charge in [0.05, 0.1) is 5.69 Å². The van der Waals surface area contributed by atoms with Crippen molar-refractivity contribution in [1.29, 1.82) is 0 Å². The maximum Gasteiger partial charge on any atom is 0.0546 e. The van der Waals surface area contributed by atoms with Gasteiger partial charge in [-0.2, -0.15) is 0 Å². The first-order valence-corrected chi connectivity index (χ1v) is 22.7. The fourth-order valence-electron chi connectivity index (χ4n) is 9.56. The highest BCUT2D eigenvalue weighted by molar-refractivity contribution is 7.26. The summed E-state index contributed by atoms with van der Waals surface area (Å²) in [4.78, 5) is 2.46. The number of thiophene rings is 1. The Morgan fingerprint density at radius 1 is 0.266 bits per heavy atom. The predicted molar refractivity (Wildman–Crippen MR) is 276 cm³/mol. The fourth-order valence-corrected chi connectivity index (χ4v) is 10.8. The zero-order chi connectivity index (χ0) is 42.4. The third-order valence-corrected chi connectivity index (χ3v) is 13.9. The molecule has 0 aliphatic carbocycles. The highest BCUT2D eigenvalue weighted by atomic mass is 32.1. The van der Waals surface area contributed by atoms with Crippen molar-refractivity contribution in [3.05, 3.63) is 249 Å². The second-order valence-electron chi connectivity index (χ2n) is 16.4. The Labute approximate surface area is 377 Å². The molecular formula is C62H41NS. The number of hydrogen-bond acceptors (Lipinski definition) is 2. The molecule has 0 radical (unpaired) electrons. The lowest BCUT2D eigenvalue weighted by molar-refractivity contribution is 1.28. The Balaban J connectivity index is 1.02. The maximum atomic E-state index is 2.46. The van der Waals surface area contributed by atoms with Crippen LogP contribution in [0.1, 0.15) is 0 Å². The van der Waals surface area contributed by atoms with E-state index >= 15 is 0 Å². The van der Waals surface area contributed by atoms with Gasteiger partial charge in [0.1, 0.15) is 0 Å². The lowest BCUT2D eigenvalue weighted by atomic mass is 9.93. The van der Waals surface area contributed by atoms with Gasteiger partial charge in [-0.15, -0.1) is 11.3 Å². The average Bonchev–Trinajstić information content (AvgIpc) is 3.76. The van der Waals surface area contributed by atoms with Crippen LogP contribution in [-0.4, -0.2) is 0 Å². The third-order valence-electron chi connectivity index (χ3n) is 12.7. The summed E-state index contributed by atoms with van der Waals surface area (Å²) in [7, 11) is 0. The van der Waals surface area contributed by atoms with E-state index in [9.17, 15) is 0 Å². The molecule has 11 aromatic carbocycles. The molecule has 12 aromatic rings. The molecule has 0 saturated heterocycles. The summed E-state index contributed by atoms with van der Waals surface area (Å²) in [5.74, 6) is 0. The highest BCUT2D eigenvalue weighted by Crippen LogP contribution is 2.46. The molecule has 0 N–H and O–H groups in total. The lowest BCUT2D eigenvalue weighted by Crippen LogP contribution is -2.11. The van der Waals surface area contributed by atoms with E-state index in [1.165, 1.54) is 91.8 Å². The van der Waals surface area contributed by atoms with Crippen molar-refractivity contribution in [1.82, 2.24) is 0 Å². The Kier molecular flexibility index (Phi) is 9.43. The topological polar surface area (TPSA) is 3.24 Å². The zero-order valence-electron chi connectivity index (χ0n) is 35.0. The molecule has 0 aliphatic rings. The third kappa shape index (κ3) is 6.73. The number of benzene rings is 11.